The van der Waals surface area contributed by atoms with Crippen LogP contribution in [0.3, 0.4) is 0 Å². The molecule has 13 heavy (non-hydrogen) atoms. The van der Waals surface area contributed by atoms with E-state index in [-0.39, 0.29) is 0 Å². The molecule has 1 amide bonds. The van der Waals surface area contributed by atoms with E-state index in [4.69, 9.17) is 11.5 Å². The van der Waals surface area contributed by atoms with Crippen LogP contribution in [-0.4, -0.2) is 10.5 Å². The molecule has 0 fully saturated rings. The van der Waals surface area contributed by atoms with Gasteiger partial charge in [0.15, 0.2) is 0 Å². The Morgan fingerprint density at radius 3 is 2.46 bits per heavy atom. The van der Waals surface area contributed by atoms with Crippen LogP contribution in [0.25, 0.3) is 0 Å². The Morgan fingerprint density at radius 1 is 1.54 bits per heavy atom. The molecule has 0 atom stereocenters. The van der Waals surface area contributed by atoms with Crippen LogP contribution in [0, 0.1) is 0 Å². The van der Waals surface area contributed by atoms with Gasteiger partial charge in [0.1, 0.15) is 5.69 Å². The number of amides is 1. The molecule has 0 bridgehead atoms. The first-order valence-corrected chi connectivity index (χ1v) is 4.39. The van der Waals surface area contributed by atoms with Gasteiger partial charge in [0, 0.05) is 12.7 Å². The van der Waals surface area contributed by atoms with Gasteiger partial charge in [-0.15, -0.1) is 0 Å². The Kier molecular flexibility index (Phi) is 2.60. The van der Waals surface area contributed by atoms with Crippen molar-refractivity contribution >= 4 is 11.6 Å². The third kappa shape index (κ3) is 1.52. The average molecular weight is 181 g/mol. The molecule has 4 N–H and O–H groups in total. The summed E-state index contributed by atoms with van der Waals surface area (Å²) in [5.74, 6) is -0.459. The fourth-order valence-electron chi connectivity index (χ4n) is 1.43. The number of hydrogen-bond acceptors (Lipinski definition) is 2. The van der Waals surface area contributed by atoms with Gasteiger partial charge in [0.05, 0.1) is 5.69 Å². The Bertz CT molecular complexity index is 328. The number of rotatable bonds is 3. The number of carbonyl (C=O) groups excluding carboxylic acids is 1. The Balaban J connectivity index is 3.28. The van der Waals surface area contributed by atoms with Gasteiger partial charge in [-0.1, -0.05) is 6.92 Å². The Labute approximate surface area is 77.5 Å². The summed E-state index contributed by atoms with van der Waals surface area (Å²) >= 11 is 0. The molecule has 1 aromatic rings. The zero-order valence-corrected chi connectivity index (χ0v) is 8.00. The Morgan fingerprint density at radius 2 is 2.15 bits per heavy atom. The number of hydrogen-bond donors (Lipinski definition) is 2. The minimum atomic E-state index is -0.459. The molecule has 1 aromatic heterocycles. The van der Waals surface area contributed by atoms with Crippen molar-refractivity contribution in [2.75, 3.05) is 5.73 Å². The van der Waals surface area contributed by atoms with Gasteiger partial charge in [-0.3, -0.25) is 4.79 Å². The molecule has 0 spiro atoms. The van der Waals surface area contributed by atoms with Crippen LogP contribution in [0.4, 0.5) is 5.69 Å². The minimum Gasteiger partial charge on any atom is -0.397 e. The number of carbonyl (C=O) groups is 1. The van der Waals surface area contributed by atoms with Crippen molar-refractivity contribution in [3.63, 3.8) is 0 Å². The number of nitrogens with zero attached hydrogens (tertiary/aromatic N) is 1. The maximum absolute atomic E-state index is 11.1. The third-order valence-electron chi connectivity index (χ3n) is 2.15. The van der Waals surface area contributed by atoms with E-state index in [1.807, 2.05) is 20.0 Å². The van der Waals surface area contributed by atoms with Gasteiger partial charge < -0.3 is 16.0 Å². The zero-order chi connectivity index (χ0) is 10.0. The number of nitrogens with two attached hydrogens (primary N) is 2. The van der Waals surface area contributed by atoms with Crippen molar-refractivity contribution in [1.29, 1.82) is 0 Å². The van der Waals surface area contributed by atoms with E-state index in [2.05, 4.69) is 0 Å². The summed E-state index contributed by atoms with van der Waals surface area (Å²) in [6, 6.07) is 0. The third-order valence-corrected chi connectivity index (χ3v) is 2.15. The van der Waals surface area contributed by atoms with E-state index in [0.717, 1.165) is 12.0 Å². The standard InChI is InChI=1S/C9H15N3O/c1-3-6-5-12(4-2)8(7(6)10)9(11)13/h5H,3-4,10H2,1-2H3,(H2,11,13). The highest BCUT2D eigenvalue weighted by molar-refractivity contribution is 5.97. The van der Waals surface area contributed by atoms with Crippen molar-refractivity contribution in [1.82, 2.24) is 4.57 Å². The predicted molar refractivity (Wildman–Crippen MR) is 52.4 cm³/mol. The molecule has 1 heterocycles. The van der Waals surface area contributed by atoms with Gasteiger partial charge in [-0.05, 0) is 18.9 Å². The summed E-state index contributed by atoms with van der Waals surface area (Å²) in [4.78, 5) is 11.1. The topological polar surface area (TPSA) is 74.0 Å². The molecule has 0 aliphatic carbocycles. The molecule has 4 nitrogen and oxygen atoms in total. The van der Waals surface area contributed by atoms with Gasteiger partial charge in [-0.25, -0.2) is 0 Å². The number of anilines is 1. The molecule has 1 rings (SSSR count). The fraction of sp³-hybridized carbons (Fsp3) is 0.444. The fourth-order valence-corrected chi connectivity index (χ4v) is 1.43. The van der Waals surface area contributed by atoms with Gasteiger partial charge in [0.25, 0.3) is 5.91 Å². The molecule has 0 saturated carbocycles. The number of primary amides is 1. The molecular formula is C9H15N3O. The molecule has 4 heteroatoms. The SMILES string of the molecule is CCc1cn(CC)c(C(N)=O)c1N. The van der Waals surface area contributed by atoms with Crippen molar-refractivity contribution in [2.45, 2.75) is 26.8 Å². The molecule has 0 aliphatic rings. The molecule has 0 saturated heterocycles. The van der Waals surface area contributed by atoms with Crippen LogP contribution in [-0.2, 0) is 13.0 Å². The predicted octanol–water partition coefficient (Wildman–Crippen LogP) is 0.752. The first-order chi connectivity index (χ1) is 6.11. The van der Waals surface area contributed by atoms with Crippen molar-refractivity contribution < 1.29 is 4.79 Å². The van der Waals surface area contributed by atoms with Crippen LogP contribution in [0.5, 0.6) is 0 Å². The zero-order valence-electron chi connectivity index (χ0n) is 8.00. The summed E-state index contributed by atoms with van der Waals surface area (Å²) in [7, 11) is 0. The van der Waals surface area contributed by atoms with Crippen molar-refractivity contribution in [2.24, 2.45) is 5.73 Å². The average Bonchev–Trinajstić information content (AvgIpc) is 2.41. The lowest BCUT2D eigenvalue weighted by Crippen LogP contribution is -2.17. The molecule has 0 radical (unpaired) electrons. The molecule has 0 aromatic carbocycles. The van der Waals surface area contributed by atoms with E-state index in [0.29, 0.717) is 17.9 Å². The van der Waals surface area contributed by atoms with Gasteiger partial charge >= 0.3 is 0 Å². The first kappa shape index (κ1) is 9.64. The second kappa shape index (κ2) is 3.51. The molecule has 0 aliphatic heterocycles. The van der Waals surface area contributed by atoms with Crippen LogP contribution in [0.2, 0.25) is 0 Å². The van der Waals surface area contributed by atoms with Crippen LogP contribution in [0.1, 0.15) is 29.9 Å². The molecule has 72 valence electrons. The maximum atomic E-state index is 11.1. The van der Waals surface area contributed by atoms with E-state index in [9.17, 15) is 4.79 Å². The molecular weight excluding hydrogens is 166 g/mol. The number of aromatic nitrogens is 1. The largest absolute Gasteiger partial charge is 0.397 e. The summed E-state index contributed by atoms with van der Waals surface area (Å²) in [5.41, 5.74) is 12.9. The van der Waals surface area contributed by atoms with E-state index >= 15 is 0 Å². The van der Waals surface area contributed by atoms with Gasteiger partial charge in [0.2, 0.25) is 0 Å². The quantitative estimate of drug-likeness (QED) is 0.722. The highest BCUT2D eigenvalue weighted by Gasteiger charge is 2.15. The minimum absolute atomic E-state index is 0.430. The number of nitrogen functional groups attached to an aromatic ring is 1. The summed E-state index contributed by atoms with van der Waals surface area (Å²) < 4.78 is 1.79. The maximum Gasteiger partial charge on any atom is 0.267 e. The van der Waals surface area contributed by atoms with Crippen LogP contribution < -0.4 is 11.5 Å². The lowest BCUT2D eigenvalue weighted by atomic mass is 10.2. The first-order valence-electron chi connectivity index (χ1n) is 4.39. The van der Waals surface area contributed by atoms with Crippen LogP contribution in [0.15, 0.2) is 6.20 Å². The summed E-state index contributed by atoms with van der Waals surface area (Å²) in [5, 5.41) is 0. The van der Waals surface area contributed by atoms with Crippen molar-refractivity contribution in [3.8, 4) is 0 Å². The highest BCUT2D eigenvalue weighted by atomic mass is 16.1. The van der Waals surface area contributed by atoms with Crippen molar-refractivity contribution in [3.05, 3.63) is 17.5 Å². The van der Waals surface area contributed by atoms with Gasteiger partial charge in [-0.2, -0.15) is 0 Å². The molecule has 0 unspecified atom stereocenters. The normalized spacial score (nSPS) is 10.3. The second-order valence-corrected chi connectivity index (χ2v) is 2.92. The summed E-state index contributed by atoms with van der Waals surface area (Å²) in [6.07, 6.45) is 2.70. The highest BCUT2D eigenvalue weighted by Crippen LogP contribution is 2.20. The second-order valence-electron chi connectivity index (χ2n) is 2.92. The smallest absolute Gasteiger partial charge is 0.267 e. The number of aryl methyl sites for hydroxylation is 2. The lowest BCUT2D eigenvalue weighted by molar-refractivity contribution is 0.0992. The Hall–Kier alpha value is -1.45. The lowest BCUT2D eigenvalue weighted by Gasteiger charge is -2.02. The summed E-state index contributed by atoms with van der Waals surface area (Å²) in [6.45, 7) is 4.66. The monoisotopic (exact) mass is 181 g/mol. The van der Waals surface area contributed by atoms with E-state index in [1.165, 1.54) is 0 Å². The van der Waals surface area contributed by atoms with E-state index in [1.54, 1.807) is 4.57 Å². The van der Waals surface area contributed by atoms with Crippen LogP contribution >= 0.6 is 0 Å². The van der Waals surface area contributed by atoms with E-state index < -0.39 is 5.91 Å².